The first kappa shape index (κ1) is 38.9. The number of nitrogens with one attached hydrogen (secondary N) is 3. The summed E-state index contributed by atoms with van der Waals surface area (Å²) in [6.07, 6.45) is 8.67. The molecule has 0 saturated heterocycles. The highest BCUT2D eigenvalue weighted by atomic mass is 16.5. The van der Waals surface area contributed by atoms with Gasteiger partial charge in [-0.1, -0.05) is 35.4 Å². The Morgan fingerprint density at radius 1 is 1.08 bits per heavy atom. The third-order valence-electron chi connectivity index (χ3n) is 8.20. The summed E-state index contributed by atoms with van der Waals surface area (Å²) in [5, 5.41) is 9.53. The Labute approximate surface area is 291 Å². The average Bonchev–Trinajstić information content (AvgIpc) is 3.16. The molecule has 4 rings (SSSR count). The number of carbonyl (C=O) groups is 2. The third-order valence-corrected chi connectivity index (χ3v) is 8.20. The lowest BCUT2D eigenvalue weighted by atomic mass is 9.97. The fourth-order valence-electron chi connectivity index (χ4n) is 5.24. The van der Waals surface area contributed by atoms with Crippen LogP contribution in [0.4, 0.5) is 17.1 Å². The topological polar surface area (TPSA) is 233 Å². The first-order valence-electron chi connectivity index (χ1n) is 16.0. The number of hydrazone groups is 1. The van der Waals surface area contributed by atoms with E-state index in [1.54, 1.807) is 43.5 Å². The Hall–Kier alpha value is -5.51. The minimum absolute atomic E-state index is 0.0313. The molecule has 50 heavy (non-hydrogen) atoms. The summed E-state index contributed by atoms with van der Waals surface area (Å²) in [6, 6.07) is 8.28. The molecule has 266 valence electrons. The maximum Gasteiger partial charge on any atom is 0.270 e. The van der Waals surface area contributed by atoms with Gasteiger partial charge in [0.05, 0.1) is 12.3 Å². The molecule has 0 spiro atoms. The van der Waals surface area contributed by atoms with Crippen LogP contribution in [0.5, 0.6) is 0 Å². The molecule has 0 saturated carbocycles. The summed E-state index contributed by atoms with van der Waals surface area (Å²) in [5.41, 5.74) is 12.4. The second kappa shape index (κ2) is 18.9. The quantitative estimate of drug-likeness (QED) is 0.0527. The Morgan fingerprint density at radius 2 is 1.78 bits per heavy atom. The summed E-state index contributed by atoms with van der Waals surface area (Å²) >= 11 is 0. The number of nitrogens with two attached hydrogens (primary N) is 3. The van der Waals surface area contributed by atoms with Crippen LogP contribution < -0.4 is 49.2 Å². The van der Waals surface area contributed by atoms with Crippen molar-refractivity contribution in [3.8, 4) is 0 Å². The highest BCUT2D eigenvalue weighted by Gasteiger charge is 2.25. The lowest BCUT2D eigenvalue weighted by molar-refractivity contribution is 0.0935. The number of hydrogen-bond acceptors (Lipinski definition) is 13. The molecule has 1 aliphatic carbocycles. The largest absolute Gasteiger partial charge is 0.394 e. The molecule has 0 aliphatic heterocycles. The summed E-state index contributed by atoms with van der Waals surface area (Å²) in [5.74, 6) is 9.07. The van der Waals surface area contributed by atoms with E-state index < -0.39 is 22.7 Å². The van der Waals surface area contributed by atoms with Crippen LogP contribution in [0.3, 0.4) is 0 Å². The lowest BCUT2D eigenvalue weighted by Crippen LogP contribution is -2.41. The number of ether oxygens (including phenoxy) is 1. The average molecular weight is 687 g/mol. The van der Waals surface area contributed by atoms with Crippen LogP contribution in [0.1, 0.15) is 66.6 Å². The minimum Gasteiger partial charge on any atom is -0.394 e. The number of anilines is 3. The molecule has 0 radical (unpaired) electrons. The fourth-order valence-corrected chi connectivity index (χ4v) is 5.24. The number of allylic oxidation sites excluding steroid dienone is 5. The molecule has 1 atom stereocenters. The van der Waals surface area contributed by atoms with Crippen molar-refractivity contribution >= 4 is 35.1 Å². The number of rotatable bonds is 12. The van der Waals surface area contributed by atoms with Gasteiger partial charge in [-0.25, -0.2) is 9.97 Å². The molecule has 9 N–H and O–H groups in total. The highest BCUT2D eigenvalue weighted by molar-refractivity contribution is 5.97. The van der Waals surface area contributed by atoms with E-state index in [-0.39, 0.29) is 35.3 Å². The van der Waals surface area contributed by atoms with Crippen molar-refractivity contribution in [3.05, 3.63) is 109 Å². The number of amides is 2. The zero-order chi connectivity index (χ0) is 36.8. The summed E-state index contributed by atoms with van der Waals surface area (Å²) in [4.78, 5) is 60.3. The van der Waals surface area contributed by atoms with Crippen LogP contribution in [-0.2, 0) is 11.3 Å². The van der Waals surface area contributed by atoms with Gasteiger partial charge in [0, 0.05) is 38.6 Å². The number of carbonyl (C=O) groups excluding carboxylic acids is 2. The SMILES string of the molecule is CNN.COCCCN(c1cccc(CNC(=O)c2cc(C(=O)NC3CC/C(C)=C(C)/C(/C=N/N)=C\C=C\3C)ncn2)c1)c1c(N)c(=O)c1=O. The standard InChI is InChI=1S/C34H40N8O5.CH6N2/c1-20-10-12-26(21(2)9-11-24(18-40-36)22(20)3)41-34(46)28-16-27(38-19-39-28)33(45)37-17-23-7-5-8-25(15-23)42(13-6-14-47-4)30-29(35)31(43)32(30)44;1-3-2/h5,7-9,11,15-16,18-19,26H,6,10,12-14,17,35-36H2,1-4H3,(H,37,45)(H,41,46);3H,2H2,1H3/b21-9+,22-20+,24-11-,40-18+;. The fraction of sp³-hybridized carbons (Fsp3) is 0.343. The Bertz CT molecular complexity index is 1860. The van der Waals surface area contributed by atoms with Gasteiger partial charge < -0.3 is 31.8 Å². The monoisotopic (exact) mass is 686 g/mol. The second-order valence-electron chi connectivity index (χ2n) is 11.6. The molecule has 15 nitrogen and oxygen atoms in total. The van der Waals surface area contributed by atoms with Gasteiger partial charge in [0.25, 0.3) is 22.7 Å². The molecule has 2 aromatic carbocycles. The molecular formula is C35H46N10O5. The molecule has 1 aromatic heterocycles. The van der Waals surface area contributed by atoms with Crippen LogP contribution >= 0.6 is 0 Å². The van der Waals surface area contributed by atoms with E-state index in [1.807, 2.05) is 39.0 Å². The van der Waals surface area contributed by atoms with Crippen LogP contribution in [0.15, 0.2) is 85.8 Å². The second-order valence-corrected chi connectivity index (χ2v) is 11.6. The smallest absolute Gasteiger partial charge is 0.270 e. The van der Waals surface area contributed by atoms with E-state index in [0.717, 1.165) is 34.3 Å². The summed E-state index contributed by atoms with van der Waals surface area (Å²) in [7, 11) is 3.23. The Morgan fingerprint density at radius 3 is 2.44 bits per heavy atom. The van der Waals surface area contributed by atoms with Gasteiger partial charge in [-0.15, -0.1) is 0 Å². The van der Waals surface area contributed by atoms with Crippen LogP contribution in [-0.4, -0.2) is 61.3 Å². The maximum absolute atomic E-state index is 13.3. The van der Waals surface area contributed by atoms with Crippen molar-refractivity contribution < 1.29 is 14.3 Å². The number of methoxy groups -OCH3 is 1. The molecule has 2 amide bonds. The van der Waals surface area contributed by atoms with Crippen molar-refractivity contribution in [2.75, 3.05) is 37.9 Å². The predicted octanol–water partition coefficient (Wildman–Crippen LogP) is 1.88. The van der Waals surface area contributed by atoms with E-state index in [1.165, 1.54) is 12.4 Å². The van der Waals surface area contributed by atoms with Gasteiger partial charge in [-0.2, -0.15) is 5.10 Å². The van der Waals surface area contributed by atoms with Crippen LogP contribution in [0.2, 0.25) is 0 Å². The van der Waals surface area contributed by atoms with Gasteiger partial charge >= 0.3 is 0 Å². The molecular weight excluding hydrogens is 640 g/mol. The van der Waals surface area contributed by atoms with Gasteiger partial charge in [0.15, 0.2) is 0 Å². The van der Waals surface area contributed by atoms with Gasteiger partial charge in [0.1, 0.15) is 29.1 Å². The Balaban J connectivity index is 0.00000217. The van der Waals surface area contributed by atoms with E-state index in [2.05, 4.69) is 37.0 Å². The number of benzene rings is 1. The maximum atomic E-state index is 13.3. The number of hydrazine groups is 1. The normalized spacial score (nSPS) is 18.4. The molecule has 15 heteroatoms. The van der Waals surface area contributed by atoms with Gasteiger partial charge in [0.2, 0.25) is 0 Å². The zero-order valence-electron chi connectivity index (χ0n) is 29.1. The number of nitrogens with zero attached hydrogens (tertiary/aromatic N) is 4. The van der Waals surface area contributed by atoms with Gasteiger partial charge in [-0.3, -0.25) is 30.4 Å². The third kappa shape index (κ3) is 10.0. The van der Waals surface area contributed by atoms with Crippen molar-refractivity contribution in [1.82, 2.24) is 26.0 Å². The minimum atomic E-state index is -0.698. The summed E-state index contributed by atoms with van der Waals surface area (Å²) in [6.45, 7) is 6.99. The molecule has 1 unspecified atom stereocenters. The van der Waals surface area contributed by atoms with E-state index in [0.29, 0.717) is 31.7 Å². The summed E-state index contributed by atoms with van der Waals surface area (Å²) < 4.78 is 5.14. The lowest BCUT2D eigenvalue weighted by Gasteiger charge is -2.27. The first-order chi connectivity index (χ1) is 24.0. The van der Waals surface area contributed by atoms with Crippen LogP contribution in [0, 0.1) is 0 Å². The zero-order valence-corrected chi connectivity index (χ0v) is 29.1. The Kier molecular flexibility index (Phi) is 14.7. The molecule has 1 heterocycles. The first-order valence-corrected chi connectivity index (χ1v) is 16.0. The highest BCUT2D eigenvalue weighted by Crippen LogP contribution is 2.28. The van der Waals surface area contributed by atoms with E-state index in [4.69, 9.17) is 16.3 Å². The van der Waals surface area contributed by atoms with Crippen molar-refractivity contribution in [3.63, 3.8) is 0 Å². The molecule has 0 fully saturated rings. The van der Waals surface area contributed by atoms with Crippen molar-refractivity contribution in [2.24, 2.45) is 16.8 Å². The number of hydrogen-bond donors (Lipinski definition) is 6. The van der Waals surface area contributed by atoms with Gasteiger partial charge in [-0.05, 0) is 75.9 Å². The number of aromatic nitrogens is 2. The molecule has 3 aromatic rings. The molecule has 1 aliphatic rings. The number of nitrogen functional groups attached to an aromatic ring is 1. The van der Waals surface area contributed by atoms with E-state index in [9.17, 15) is 19.2 Å². The van der Waals surface area contributed by atoms with Crippen molar-refractivity contribution in [2.45, 2.75) is 52.6 Å². The van der Waals surface area contributed by atoms with E-state index >= 15 is 0 Å². The molecule has 0 bridgehead atoms. The van der Waals surface area contributed by atoms with Crippen molar-refractivity contribution in [1.29, 1.82) is 0 Å². The van der Waals surface area contributed by atoms with Crippen LogP contribution in [0.25, 0.3) is 0 Å². The predicted molar refractivity (Wildman–Crippen MR) is 196 cm³/mol.